The van der Waals surface area contributed by atoms with Gasteiger partial charge in [-0.25, -0.2) is 0 Å². The predicted molar refractivity (Wildman–Crippen MR) is 186 cm³/mol. The van der Waals surface area contributed by atoms with E-state index in [-0.39, 0.29) is 5.41 Å². The highest BCUT2D eigenvalue weighted by Gasteiger charge is 2.89. The van der Waals surface area contributed by atoms with Crippen molar-refractivity contribution in [2.24, 2.45) is 40.9 Å². The smallest absolute Gasteiger partial charge is 0.252 e. The van der Waals surface area contributed by atoms with Gasteiger partial charge in [-0.15, -0.1) is 0 Å². The topological polar surface area (TPSA) is 6.48 Å². The van der Waals surface area contributed by atoms with Crippen LogP contribution in [0.5, 0.6) is 0 Å². The number of nitrogens with zero attached hydrogens (tertiary/aromatic N) is 2. The summed E-state index contributed by atoms with van der Waals surface area (Å²) in [4.78, 5) is 6.05. The molecule has 4 bridgehead atoms. The molecule has 4 aromatic rings. The first-order valence-corrected chi connectivity index (χ1v) is 18.7. The molecule has 8 fully saturated rings. The van der Waals surface area contributed by atoms with Gasteiger partial charge in [0.15, 0.2) is 0 Å². The second-order valence-corrected chi connectivity index (χ2v) is 17.9. The number of anilines is 4. The number of benzene rings is 4. The van der Waals surface area contributed by atoms with Crippen molar-refractivity contribution in [3.05, 3.63) is 102 Å². The Kier molecular flexibility index (Phi) is 3.57. The molecule has 0 amide bonds. The van der Waals surface area contributed by atoms with E-state index in [0.29, 0.717) is 23.2 Å². The van der Waals surface area contributed by atoms with Crippen LogP contribution in [0.1, 0.15) is 75.0 Å². The van der Waals surface area contributed by atoms with Gasteiger partial charge in [0.2, 0.25) is 0 Å². The fourth-order valence-electron chi connectivity index (χ4n) is 16.2. The molecule has 224 valence electrons. The molecule has 3 heteroatoms. The van der Waals surface area contributed by atoms with E-state index >= 15 is 0 Å². The van der Waals surface area contributed by atoms with Gasteiger partial charge in [0, 0.05) is 39.1 Å². The summed E-state index contributed by atoms with van der Waals surface area (Å²) in [7, 11) is 0. The molecule has 3 heterocycles. The zero-order valence-electron chi connectivity index (χ0n) is 26.7. The lowest BCUT2D eigenvalue weighted by Crippen LogP contribution is -2.93. The monoisotopic (exact) mass is 594 g/mol. The maximum absolute atomic E-state index is 3.03. The third kappa shape index (κ3) is 2.01. The summed E-state index contributed by atoms with van der Waals surface area (Å²) >= 11 is 0. The minimum atomic E-state index is -0.195. The Morgan fingerprint density at radius 1 is 0.543 bits per heavy atom. The summed E-state index contributed by atoms with van der Waals surface area (Å²) in [6.07, 6.45) is 11.6. The largest absolute Gasteiger partial charge is 0.336 e. The van der Waals surface area contributed by atoms with Crippen LogP contribution in [0.2, 0.25) is 0 Å². The highest BCUT2D eigenvalue weighted by Crippen LogP contribution is 2.91. The van der Waals surface area contributed by atoms with E-state index in [4.69, 9.17) is 0 Å². The number of hydrogen-bond donors (Lipinski definition) is 0. The summed E-state index contributed by atoms with van der Waals surface area (Å²) in [6.45, 7) is 2.88. The molecule has 0 aromatic heterocycles. The third-order valence-electron chi connectivity index (χ3n) is 17.3. The average molecular weight is 595 g/mol. The quantitative estimate of drug-likeness (QED) is 0.233. The summed E-state index contributed by atoms with van der Waals surface area (Å²) in [5.74, 6) is 5.71. The van der Waals surface area contributed by atoms with Gasteiger partial charge >= 0.3 is 0 Å². The Balaban J connectivity index is 1.12. The maximum atomic E-state index is 3.03. The van der Waals surface area contributed by atoms with Crippen molar-refractivity contribution in [3.8, 4) is 0 Å². The zero-order valence-corrected chi connectivity index (χ0v) is 26.7. The van der Waals surface area contributed by atoms with Crippen molar-refractivity contribution in [2.45, 2.75) is 74.8 Å². The van der Waals surface area contributed by atoms with Crippen molar-refractivity contribution < 1.29 is 0 Å². The van der Waals surface area contributed by atoms with Crippen molar-refractivity contribution in [3.63, 3.8) is 0 Å². The van der Waals surface area contributed by atoms with Gasteiger partial charge in [0.1, 0.15) is 0 Å². The van der Waals surface area contributed by atoms with Crippen LogP contribution >= 0.6 is 0 Å². The summed E-state index contributed by atoms with van der Waals surface area (Å²) in [5.41, 5.74) is 16.7. The van der Waals surface area contributed by atoms with Crippen molar-refractivity contribution in [2.75, 3.05) is 9.80 Å². The summed E-state index contributed by atoms with van der Waals surface area (Å²) in [6, 6.07) is 34.1. The SMILES string of the molecule is CC1(c2ccccc2)c2cccc3c2B2c4c(cccc4N(C45CC6CC7CC(C4)C765)c4cccc1c42)N3C12CC3CC1CC3C2. The maximum Gasteiger partial charge on any atom is 0.252 e. The van der Waals surface area contributed by atoms with E-state index in [9.17, 15) is 0 Å². The first-order valence-electron chi connectivity index (χ1n) is 18.7. The molecule has 2 nitrogen and oxygen atoms in total. The van der Waals surface area contributed by atoms with E-state index in [1.807, 2.05) is 0 Å². The molecule has 8 aliphatic carbocycles. The highest BCUT2D eigenvalue weighted by atomic mass is 15.3. The van der Waals surface area contributed by atoms with Gasteiger partial charge in [-0.1, -0.05) is 60.7 Å². The Bertz CT molecular complexity index is 2090. The Morgan fingerprint density at radius 2 is 1.11 bits per heavy atom. The van der Waals surface area contributed by atoms with Gasteiger partial charge < -0.3 is 9.80 Å². The van der Waals surface area contributed by atoms with Crippen LogP contribution in [-0.2, 0) is 5.41 Å². The second kappa shape index (κ2) is 6.89. The van der Waals surface area contributed by atoms with E-state index in [1.54, 1.807) is 50.3 Å². The van der Waals surface area contributed by atoms with Gasteiger partial charge in [0.05, 0.1) is 5.54 Å². The van der Waals surface area contributed by atoms with E-state index < -0.39 is 0 Å². The molecule has 8 saturated carbocycles. The summed E-state index contributed by atoms with van der Waals surface area (Å²) in [5, 5.41) is 0. The van der Waals surface area contributed by atoms with Crippen LogP contribution in [-0.4, -0.2) is 17.8 Å². The Hall–Kier alpha value is -3.46. The van der Waals surface area contributed by atoms with Crippen LogP contribution in [0, 0.1) is 40.9 Å². The molecule has 1 spiro atoms. The van der Waals surface area contributed by atoms with Gasteiger partial charge in [-0.05, 0) is 151 Å². The normalized spacial score (nSPS) is 43.7. The lowest BCUT2D eigenvalue weighted by Gasteiger charge is -2.92. The van der Waals surface area contributed by atoms with Crippen LogP contribution in [0.4, 0.5) is 22.7 Å². The minimum Gasteiger partial charge on any atom is -0.336 e. The average Bonchev–Trinajstić information content (AvgIpc) is 3.80. The lowest BCUT2D eigenvalue weighted by molar-refractivity contribution is -0.385. The molecular formula is C43H39BN2. The molecule has 46 heavy (non-hydrogen) atoms. The first-order chi connectivity index (χ1) is 22.6. The fraction of sp³-hybridized carbons (Fsp3) is 0.442. The zero-order chi connectivity index (χ0) is 29.5. The molecular weight excluding hydrogens is 555 g/mol. The van der Waals surface area contributed by atoms with Crippen LogP contribution in [0.15, 0.2) is 84.9 Å². The molecule has 3 aliphatic heterocycles. The van der Waals surface area contributed by atoms with Crippen molar-refractivity contribution in [1.29, 1.82) is 0 Å². The lowest BCUT2D eigenvalue weighted by atomic mass is 9.15. The van der Waals surface area contributed by atoms with Crippen molar-refractivity contribution in [1.82, 2.24) is 0 Å². The van der Waals surface area contributed by atoms with Gasteiger partial charge in [0.25, 0.3) is 6.71 Å². The molecule has 4 aromatic carbocycles. The van der Waals surface area contributed by atoms with Gasteiger partial charge in [-0.3, -0.25) is 0 Å². The molecule has 11 aliphatic rings. The number of hydrogen-bond acceptors (Lipinski definition) is 2. The van der Waals surface area contributed by atoms with Crippen molar-refractivity contribution >= 4 is 45.9 Å². The van der Waals surface area contributed by atoms with Crippen LogP contribution < -0.4 is 26.2 Å². The van der Waals surface area contributed by atoms with Gasteiger partial charge in [-0.2, -0.15) is 0 Å². The molecule has 0 radical (unpaired) electrons. The minimum absolute atomic E-state index is 0.195. The second-order valence-electron chi connectivity index (χ2n) is 17.9. The Labute approximate surface area is 272 Å². The standard InChI is InChI=1S/C43H39BN2/c1-40(26-8-3-2-4-9-26)31-10-5-12-33-37(31)44-38-32(40)11-6-13-34(38)46(42-22-29-18-28-19-30(23-42)43(28,29)42)36-15-7-14-35(39(36)44)45(33)41-20-24-16-27(41)17-25(24)21-41/h2-15,24-25,27-30H,16-23H2,1H3. The predicted octanol–water partition coefficient (Wildman–Crippen LogP) is 7.15. The van der Waals surface area contributed by atoms with E-state index in [0.717, 1.165) is 35.5 Å². The molecule has 0 saturated heterocycles. The highest BCUT2D eigenvalue weighted by molar-refractivity contribution is 7.01. The first kappa shape index (κ1) is 23.8. The fourth-order valence-corrected chi connectivity index (χ4v) is 16.2. The third-order valence-corrected chi connectivity index (χ3v) is 17.3. The van der Waals surface area contributed by atoms with E-state index in [2.05, 4.69) is 102 Å². The van der Waals surface area contributed by atoms with Crippen LogP contribution in [0.3, 0.4) is 0 Å². The molecule has 15 rings (SSSR count). The molecule has 5 atom stereocenters. The van der Waals surface area contributed by atoms with E-state index in [1.165, 1.54) is 56.9 Å². The number of rotatable bonds is 3. The van der Waals surface area contributed by atoms with Crippen LogP contribution in [0.25, 0.3) is 0 Å². The molecule has 5 unspecified atom stereocenters. The Morgan fingerprint density at radius 3 is 1.67 bits per heavy atom. The molecule has 0 N–H and O–H groups in total. The summed E-state index contributed by atoms with van der Waals surface area (Å²) < 4.78 is 0.